The first-order valence-corrected chi connectivity index (χ1v) is 8.90. The molecule has 0 aliphatic carbocycles. The monoisotopic (exact) mass is 350 g/mol. The van der Waals surface area contributed by atoms with Crippen molar-refractivity contribution >= 4 is 46.4 Å². The summed E-state index contributed by atoms with van der Waals surface area (Å²) in [4.78, 5) is 1.31. The van der Waals surface area contributed by atoms with Crippen LogP contribution in [0.2, 0.25) is 5.02 Å². The number of hydrogen-bond donors (Lipinski definition) is 2. The Morgan fingerprint density at radius 2 is 1.95 bits per heavy atom. The number of anilines is 1. The van der Waals surface area contributed by atoms with Gasteiger partial charge in [0.2, 0.25) is 0 Å². The van der Waals surface area contributed by atoms with Crippen LogP contribution in [-0.4, -0.2) is 17.4 Å². The minimum atomic E-state index is 0.627. The summed E-state index contributed by atoms with van der Waals surface area (Å²) >= 11 is 13.1. The molecule has 0 aromatic heterocycles. The van der Waals surface area contributed by atoms with Crippen LogP contribution in [0.3, 0.4) is 0 Å². The Labute approximate surface area is 146 Å². The van der Waals surface area contributed by atoms with E-state index >= 15 is 0 Å². The normalized spacial score (nSPS) is 10.3. The van der Waals surface area contributed by atoms with Gasteiger partial charge in [0, 0.05) is 22.2 Å². The van der Waals surface area contributed by atoms with E-state index in [4.69, 9.17) is 23.8 Å². The summed E-state index contributed by atoms with van der Waals surface area (Å²) in [6.45, 7) is 2.96. The molecule has 0 unspecified atom stereocenters. The fourth-order valence-electron chi connectivity index (χ4n) is 1.84. The highest BCUT2D eigenvalue weighted by Crippen LogP contribution is 2.18. The second kappa shape index (κ2) is 9.03. The highest BCUT2D eigenvalue weighted by molar-refractivity contribution is 7.99. The first-order valence-electron chi connectivity index (χ1n) is 7.13. The summed E-state index contributed by atoms with van der Waals surface area (Å²) in [6.07, 6.45) is 1.05. The van der Waals surface area contributed by atoms with Gasteiger partial charge in [-0.1, -0.05) is 35.4 Å². The Bertz CT molecular complexity index is 614. The fraction of sp³-hybridized carbons (Fsp3) is 0.235. The van der Waals surface area contributed by atoms with E-state index in [1.54, 1.807) is 0 Å². The zero-order chi connectivity index (χ0) is 15.8. The van der Waals surface area contributed by atoms with Crippen LogP contribution in [0.15, 0.2) is 53.4 Å². The summed E-state index contributed by atoms with van der Waals surface area (Å²) in [6, 6.07) is 16.1. The number of rotatable bonds is 6. The SMILES string of the molecule is Cc1ccc(SCCCNC(=S)Nc2cccc(Cl)c2)cc1. The Kier molecular flexibility index (Phi) is 7.03. The number of halogens is 1. The molecule has 0 heterocycles. The Balaban J connectivity index is 1.62. The quantitative estimate of drug-likeness (QED) is 0.429. The maximum atomic E-state index is 5.94. The van der Waals surface area contributed by atoms with Crippen LogP contribution >= 0.6 is 35.6 Å². The van der Waals surface area contributed by atoms with Crippen LogP contribution in [0.4, 0.5) is 5.69 Å². The molecule has 0 aliphatic heterocycles. The summed E-state index contributed by atoms with van der Waals surface area (Å²) in [5, 5.41) is 7.66. The zero-order valence-electron chi connectivity index (χ0n) is 12.4. The van der Waals surface area contributed by atoms with E-state index in [0.29, 0.717) is 10.1 Å². The fourth-order valence-corrected chi connectivity index (χ4v) is 3.10. The summed E-state index contributed by atoms with van der Waals surface area (Å²) in [7, 11) is 0. The topological polar surface area (TPSA) is 24.1 Å². The molecule has 0 bridgehead atoms. The maximum Gasteiger partial charge on any atom is 0.170 e. The summed E-state index contributed by atoms with van der Waals surface area (Å²) in [5.41, 5.74) is 2.20. The van der Waals surface area contributed by atoms with Gasteiger partial charge in [0.15, 0.2) is 5.11 Å². The number of thioether (sulfide) groups is 1. The molecule has 0 aliphatic rings. The van der Waals surface area contributed by atoms with Gasteiger partial charge in [-0.3, -0.25) is 0 Å². The van der Waals surface area contributed by atoms with Crippen molar-refractivity contribution in [3.63, 3.8) is 0 Å². The Hall–Kier alpha value is -1.23. The Morgan fingerprint density at radius 3 is 2.68 bits per heavy atom. The van der Waals surface area contributed by atoms with Gasteiger partial charge in [-0.15, -0.1) is 11.8 Å². The van der Waals surface area contributed by atoms with E-state index in [-0.39, 0.29) is 0 Å². The molecule has 116 valence electrons. The third-order valence-electron chi connectivity index (χ3n) is 2.98. The molecule has 2 N–H and O–H groups in total. The lowest BCUT2D eigenvalue weighted by Crippen LogP contribution is -2.29. The van der Waals surface area contributed by atoms with Crippen LogP contribution in [0.25, 0.3) is 0 Å². The maximum absolute atomic E-state index is 5.94. The van der Waals surface area contributed by atoms with E-state index in [2.05, 4.69) is 41.8 Å². The molecule has 0 saturated heterocycles. The number of nitrogens with one attached hydrogen (secondary N) is 2. The number of hydrogen-bond acceptors (Lipinski definition) is 2. The van der Waals surface area contributed by atoms with Gasteiger partial charge < -0.3 is 10.6 Å². The van der Waals surface area contributed by atoms with Crippen molar-refractivity contribution in [2.24, 2.45) is 0 Å². The van der Waals surface area contributed by atoms with Gasteiger partial charge in [0.05, 0.1) is 0 Å². The standard InChI is InChI=1S/C17H19ClN2S2/c1-13-6-8-16(9-7-13)22-11-3-10-19-17(21)20-15-5-2-4-14(18)12-15/h2,4-9,12H,3,10-11H2,1H3,(H2,19,20,21). The van der Waals surface area contributed by atoms with Crippen LogP contribution in [0, 0.1) is 6.92 Å². The number of benzene rings is 2. The minimum Gasteiger partial charge on any atom is -0.362 e. The largest absolute Gasteiger partial charge is 0.362 e. The predicted octanol–water partition coefficient (Wildman–Crippen LogP) is 5.12. The Morgan fingerprint density at radius 1 is 1.18 bits per heavy atom. The van der Waals surface area contributed by atoms with Crippen molar-refractivity contribution in [3.8, 4) is 0 Å². The molecule has 2 nitrogen and oxygen atoms in total. The van der Waals surface area contributed by atoms with E-state index in [1.807, 2.05) is 36.0 Å². The van der Waals surface area contributed by atoms with Crippen LogP contribution in [0.5, 0.6) is 0 Å². The van der Waals surface area contributed by atoms with Gasteiger partial charge in [-0.2, -0.15) is 0 Å². The lowest BCUT2D eigenvalue weighted by molar-refractivity contribution is 0.854. The molecule has 0 atom stereocenters. The van der Waals surface area contributed by atoms with E-state index in [0.717, 1.165) is 24.4 Å². The van der Waals surface area contributed by atoms with Crippen LogP contribution in [0.1, 0.15) is 12.0 Å². The highest BCUT2D eigenvalue weighted by Gasteiger charge is 1.98. The minimum absolute atomic E-state index is 0.627. The first-order chi connectivity index (χ1) is 10.6. The lowest BCUT2D eigenvalue weighted by atomic mass is 10.2. The molecule has 0 spiro atoms. The van der Waals surface area contributed by atoms with Crippen molar-refractivity contribution < 1.29 is 0 Å². The molecule has 0 amide bonds. The van der Waals surface area contributed by atoms with Crippen molar-refractivity contribution in [1.29, 1.82) is 0 Å². The van der Waals surface area contributed by atoms with Crippen molar-refractivity contribution in [2.45, 2.75) is 18.2 Å². The smallest absolute Gasteiger partial charge is 0.170 e. The average molecular weight is 351 g/mol. The second-order valence-electron chi connectivity index (χ2n) is 4.91. The molecule has 0 radical (unpaired) electrons. The van der Waals surface area contributed by atoms with E-state index in [1.165, 1.54) is 10.5 Å². The lowest BCUT2D eigenvalue weighted by Gasteiger charge is -2.10. The highest BCUT2D eigenvalue weighted by atomic mass is 35.5. The first kappa shape index (κ1) is 17.1. The second-order valence-corrected chi connectivity index (χ2v) is 6.92. The predicted molar refractivity (Wildman–Crippen MR) is 102 cm³/mol. The van der Waals surface area contributed by atoms with Crippen molar-refractivity contribution in [2.75, 3.05) is 17.6 Å². The van der Waals surface area contributed by atoms with Crippen molar-refractivity contribution in [1.82, 2.24) is 5.32 Å². The van der Waals surface area contributed by atoms with Gasteiger partial charge in [-0.25, -0.2) is 0 Å². The van der Waals surface area contributed by atoms with Gasteiger partial charge in [0.25, 0.3) is 0 Å². The molecule has 2 rings (SSSR count). The molecule has 5 heteroatoms. The average Bonchev–Trinajstić information content (AvgIpc) is 2.49. The molecule has 2 aromatic carbocycles. The van der Waals surface area contributed by atoms with Gasteiger partial charge in [0.1, 0.15) is 0 Å². The molecular formula is C17H19ClN2S2. The third-order valence-corrected chi connectivity index (χ3v) is 4.56. The number of aryl methyl sites for hydroxylation is 1. The van der Waals surface area contributed by atoms with E-state index in [9.17, 15) is 0 Å². The molecule has 0 saturated carbocycles. The van der Waals surface area contributed by atoms with Crippen LogP contribution in [-0.2, 0) is 0 Å². The summed E-state index contributed by atoms with van der Waals surface area (Å²) < 4.78 is 0. The summed E-state index contributed by atoms with van der Waals surface area (Å²) in [5.74, 6) is 1.07. The van der Waals surface area contributed by atoms with Crippen LogP contribution < -0.4 is 10.6 Å². The van der Waals surface area contributed by atoms with E-state index < -0.39 is 0 Å². The van der Waals surface area contributed by atoms with Gasteiger partial charge >= 0.3 is 0 Å². The molecule has 22 heavy (non-hydrogen) atoms. The number of thiocarbonyl (C=S) groups is 1. The van der Waals surface area contributed by atoms with Crippen molar-refractivity contribution in [3.05, 3.63) is 59.1 Å². The van der Waals surface area contributed by atoms with Gasteiger partial charge in [-0.05, 0) is 61.6 Å². The molecular weight excluding hydrogens is 332 g/mol. The third kappa shape index (κ3) is 6.26. The molecule has 2 aromatic rings. The zero-order valence-corrected chi connectivity index (χ0v) is 14.8. The molecule has 0 fully saturated rings.